The van der Waals surface area contributed by atoms with Crippen molar-refractivity contribution in [3.8, 4) is 11.5 Å². The van der Waals surface area contributed by atoms with Gasteiger partial charge in [0, 0.05) is 7.05 Å². The molecule has 1 aliphatic rings. The summed E-state index contributed by atoms with van der Waals surface area (Å²) in [4.78, 5) is 36.0. The lowest BCUT2D eigenvalue weighted by Gasteiger charge is -2.13. The normalized spacial score (nSPS) is 15.1. The number of amides is 2. The molecule has 29 heavy (non-hydrogen) atoms. The third kappa shape index (κ3) is 4.78. The Balaban J connectivity index is 1.76. The molecule has 0 spiro atoms. The van der Waals surface area contributed by atoms with E-state index in [1.54, 1.807) is 36.4 Å². The Bertz CT molecular complexity index is 983. The van der Waals surface area contributed by atoms with Crippen LogP contribution in [0.25, 0.3) is 6.08 Å². The first-order chi connectivity index (χ1) is 13.9. The van der Waals surface area contributed by atoms with E-state index in [4.69, 9.17) is 14.6 Å². The van der Waals surface area contributed by atoms with E-state index in [1.807, 2.05) is 6.92 Å². The molecule has 2 aromatic rings. The average molecular weight is 413 g/mol. The molecule has 150 valence electrons. The number of benzene rings is 2. The Morgan fingerprint density at radius 1 is 1.10 bits per heavy atom. The van der Waals surface area contributed by atoms with Gasteiger partial charge >= 0.3 is 5.97 Å². The lowest BCUT2D eigenvalue weighted by molar-refractivity contribution is -0.121. The van der Waals surface area contributed by atoms with E-state index in [-0.39, 0.29) is 23.3 Å². The summed E-state index contributed by atoms with van der Waals surface area (Å²) in [6.07, 6.45) is 1.64. The monoisotopic (exact) mass is 413 g/mol. The van der Waals surface area contributed by atoms with E-state index in [2.05, 4.69) is 0 Å². The summed E-state index contributed by atoms with van der Waals surface area (Å²) in [7, 11) is 1.45. The van der Waals surface area contributed by atoms with Crippen molar-refractivity contribution in [2.75, 3.05) is 13.7 Å². The molecular formula is C21H19NO6S. The van der Waals surface area contributed by atoms with Crippen LogP contribution in [0.3, 0.4) is 0 Å². The van der Waals surface area contributed by atoms with Crippen LogP contribution < -0.4 is 9.47 Å². The molecule has 0 aliphatic carbocycles. The summed E-state index contributed by atoms with van der Waals surface area (Å²) in [6, 6.07) is 11.7. The molecule has 0 bridgehead atoms. The van der Waals surface area contributed by atoms with Gasteiger partial charge in [0.25, 0.3) is 11.1 Å². The van der Waals surface area contributed by atoms with Gasteiger partial charge in [-0.15, -0.1) is 0 Å². The molecule has 8 heteroatoms. The zero-order valence-corrected chi connectivity index (χ0v) is 16.7. The van der Waals surface area contributed by atoms with E-state index < -0.39 is 5.97 Å². The van der Waals surface area contributed by atoms with Gasteiger partial charge in [-0.3, -0.25) is 14.5 Å². The van der Waals surface area contributed by atoms with Crippen molar-refractivity contribution in [2.45, 2.75) is 13.5 Å². The third-order valence-corrected chi connectivity index (χ3v) is 5.11. The van der Waals surface area contributed by atoms with E-state index in [1.165, 1.54) is 19.2 Å². The molecule has 3 rings (SSSR count). The number of hydrogen-bond acceptors (Lipinski definition) is 6. The van der Waals surface area contributed by atoms with Gasteiger partial charge in [-0.1, -0.05) is 18.2 Å². The number of nitrogens with zero attached hydrogens (tertiary/aromatic N) is 1. The maximum absolute atomic E-state index is 12.0. The fourth-order valence-corrected chi connectivity index (χ4v) is 3.43. The number of thioether (sulfide) groups is 1. The van der Waals surface area contributed by atoms with E-state index in [0.717, 1.165) is 22.2 Å². The maximum Gasteiger partial charge on any atom is 0.335 e. The minimum Gasteiger partial charge on any atom is -0.490 e. The van der Waals surface area contributed by atoms with E-state index in [0.29, 0.717) is 28.6 Å². The number of carboxylic acid groups (broad SMARTS) is 1. The predicted molar refractivity (Wildman–Crippen MR) is 109 cm³/mol. The van der Waals surface area contributed by atoms with Gasteiger partial charge in [0.15, 0.2) is 11.5 Å². The molecule has 2 aromatic carbocycles. The number of aromatic carboxylic acids is 1. The zero-order chi connectivity index (χ0) is 21.0. The van der Waals surface area contributed by atoms with Crippen LogP contribution in [0.15, 0.2) is 47.4 Å². The Morgan fingerprint density at radius 3 is 2.41 bits per heavy atom. The maximum atomic E-state index is 12.0. The highest BCUT2D eigenvalue weighted by molar-refractivity contribution is 8.18. The van der Waals surface area contributed by atoms with Crippen LogP contribution in [0.4, 0.5) is 4.79 Å². The minimum absolute atomic E-state index is 0.213. The molecule has 0 radical (unpaired) electrons. The lowest BCUT2D eigenvalue weighted by Crippen LogP contribution is -2.22. The molecule has 1 heterocycles. The summed E-state index contributed by atoms with van der Waals surface area (Å²) in [6.45, 7) is 2.52. The highest BCUT2D eigenvalue weighted by Crippen LogP contribution is 2.34. The van der Waals surface area contributed by atoms with Crippen LogP contribution in [-0.4, -0.2) is 40.8 Å². The number of likely N-dealkylation sites (N-methyl/N-ethyl adjacent to an activating group) is 1. The Labute approximate surface area is 171 Å². The van der Waals surface area contributed by atoms with Gasteiger partial charge in [0.1, 0.15) is 6.61 Å². The largest absolute Gasteiger partial charge is 0.490 e. The molecule has 0 saturated carbocycles. The van der Waals surface area contributed by atoms with Crippen molar-refractivity contribution in [1.82, 2.24) is 4.90 Å². The van der Waals surface area contributed by atoms with Crippen LogP contribution >= 0.6 is 11.8 Å². The van der Waals surface area contributed by atoms with Crippen molar-refractivity contribution in [2.24, 2.45) is 0 Å². The third-order valence-electron chi connectivity index (χ3n) is 4.15. The van der Waals surface area contributed by atoms with Crippen molar-refractivity contribution in [3.63, 3.8) is 0 Å². The van der Waals surface area contributed by atoms with Gasteiger partial charge in [-0.05, 0) is 60.2 Å². The fraction of sp³-hybridized carbons (Fsp3) is 0.190. The van der Waals surface area contributed by atoms with Gasteiger partial charge in [-0.2, -0.15) is 0 Å². The number of carbonyl (C=O) groups is 3. The first-order valence-corrected chi connectivity index (χ1v) is 9.64. The lowest BCUT2D eigenvalue weighted by atomic mass is 10.1. The van der Waals surface area contributed by atoms with Crippen molar-refractivity contribution >= 4 is 35.0 Å². The number of carboxylic acids is 1. The van der Waals surface area contributed by atoms with E-state index in [9.17, 15) is 14.4 Å². The predicted octanol–water partition coefficient (Wildman–Crippen LogP) is 4.03. The second-order valence-corrected chi connectivity index (χ2v) is 7.16. The summed E-state index contributed by atoms with van der Waals surface area (Å²) >= 11 is 0.895. The van der Waals surface area contributed by atoms with Crippen LogP contribution in [0.2, 0.25) is 0 Å². The molecule has 1 saturated heterocycles. The topological polar surface area (TPSA) is 93.1 Å². The Hall–Kier alpha value is -3.26. The van der Waals surface area contributed by atoms with Gasteiger partial charge in [0.2, 0.25) is 0 Å². The molecule has 1 fully saturated rings. The number of hydrogen-bond donors (Lipinski definition) is 1. The van der Waals surface area contributed by atoms with Crippen molar-refractivity contribution in [3.05, 3.63) is 64.1 Å². The summed E-state index contributed by atoms with van der Waals surface area (Å²) in [5.41, 5.74) is 1.74. The Morgan fingerprint density at radius 2 is 1.83 bits per heavy atom. The van der Waals surface area contributed by atoms with Gasteiger partial charge in [-0.25, -0.2) is 4.79 Å². The first kappa shape index (κ1) is 20.5. The number of carbonyl (C=O) groups excluding carboxylic acids is 2. The molecule has 0 unspecified atom stereocenters. The Kier molecular flexibility index (Phi) is 6.23. The molecule has 1 N–H and O–H groups in total. The van der Waals surface area contributed by atoms with Crippen LogP contribution in [-0.2, 0) is 11.4 Å². The van der Waals surface area contributed by atoms with Crippen LogP contribution in [0, 0.1) is 0 Å². The molecule has 1 aliphatic heterocycles. The molecule has 0 aromatic heterocycles. The molecule has 7 nitrogen and oxygen atoms in total. The van der Waals surface area contributed by atoms with Crippen molar-refractivity contribution < 1.29 is 29.0 Å². The number of ether oxygens (including phenoxy) is 2. The summed E-state index contributed by atoms with van der Waals surface area (Å²) in [5, 5.41) is 8.65. The van der Waals surface area contributed by atoms with Gasteiger partial charge < -0.3 is 14.6 Å². The molecule has 0 atom stereocenters. The quantitative estimate of drug-likeness (QED) is 0.685. The number of imide groups is 1. The minimum atomic E-state index is -0.979. The second-order valence-electron chi connectivity index (χ2n) is 6.17. The molecular weight excluding hydrogens is 394 g/mol. The smallest absolute Gasteiger partial charge is 0.335 e. The van der Waals surface area contributed by atoms with E-state index >= 15 is 0 Å². The average Bonchev–Trinajstić information content (AvgIpc) is 2.94. The zero-order valence-electron chi connectivity index (χ0n) is 15.9. The summed E-state index contributed by atoms with van der Waals surface area (Å²) in [5.74, 6) is -0.273. The van der Waals surface area contributed by atoms with Gasteiger partial charge in [0.05, 0.1) is 17.1 Å². The highest BCUT2D eigenvalue weighted by atomic mass is 32.2. The number of rotatable bonds is 7. The summed E-state index contributed by atoms with van der Waals surface area (Å²) < 4.78 is 11.5. The standard InChI is InChI=1S/C21H19NO6S/c1-3-27-17-10-14(11-18-19(23)22(2)21(26)29-18)6-9-16(17)28-12-13-4-7-15(8-5-13)20(24)25/h4-11H,3,12H2,1-2H3,(H,24,25)/b18-11+. The van der Waals surface area contributed by atoms with Crippen molar-refractivity contribution in [1.29, 1.82) is 0 Å². The first-order valence-electron chi connectivity index (χ1n) is 8.82. The van der Waals surface area contributed by atoms with Crippen LogP contribution in [0.1, 0.15) is 28.4 Å². The highest BCUT2D eigenvalue weighted by Gasteiger charge is 2.31. The second kappa shape index (κ2) is 8.83. The molecule has 2 amide bonds. The SMILES string of the molecule is CCOc1cc(/C=C2/SC(=O)N(C)C2=O)ccc1OCc1ccc(C(=O)O)cc1. The van der Waals surface area contributed by atoms with Crippen LogP contribution in [0.5, 0.6) is 11.5 Å². The fourth-order valence-electron chi connectivity index (χ4n) is 2.60.